The van der Waals surface area contributed by atoms with E-state index in [0.29, 0.717) is 6.42 Å². The number of hydrogen-bond acceptors (Lipinski definition) is 2. The zero-order valence-corrected chi connectivity index (χ0v) is 8.58. The van der Waals surface area contributed by atoms with Crippen molar-refractivity contribution in [2.24, 2.45) is 5.10 Å². The molecule has 0 aromatic carbocycles. The van der Waals surface area contributed by atoms with Crippen LogP contribution in [0.4, 0.5) is 0 Å². The molecule has 0 N–H and O–H groups in total. The van der Waals surface area contributed by atoms with Crippen LogP contribution >= 0.6 is 0 Å². The molecule has 0 fully saturated rings. The van der Waals surface area contributed by atoms with Gasteiger partial charge in [-0.1, -0.05) is 6.08 Å². The average Bonchev–Trinajstić information content (AvgIpc) is 2.46. The van der Waals surface area contributed by atoms with Crippen LogP contribution in [0.5, 0.6) is 0 Å². The first-order chi connectivity index (χ1) is 6.68. The minimum absolute atomic E-state index is 0.0865. The molecule has 0 bridgehead atoms. The normalized spacial score (nSPS) is 22.0. The van der Waals surface area contributed by atoms with E-state index in [9.17, 15) is 4.79 Å². The SMILES string of the molecule is CC1=NN(C2=C(C)CCC=C2)C(=O)C1. The Balaban J connectivity index is 2.31. The predicted molar refractivity (Wildman–Crippen MR) is 55.6 cm³/mol. The van der Waals surface area contributed by atoms with Crippen molar-refractivity contribution >= 4 is 11.6 Å². The van der Waals surface area contributed by atoms with E-state index in [1.165, 1.54) is 5.57 Å². The molecule has 14 heavy (non-hydrogen) atoms. The van der Waals surface area contributed by atoms with Gasteiger partial charge in [0.2, 0.25) is 0 Å². The topological polar surface area (TPSA) is 32.7 Å². The van der Waals surface area contributed by atoms with Crippen LogP contribution in [0, 0.1) is 0 Å². The van der Waals surface area contributed by atoms with Gasteiger partial charge in [-0.05, 0) is 38.3 Å². The van der Waals surface area contributed by atoms with Gasteiger partial charge in [0.05, 0.1) is 12.1 Å². The smallest absolute Gasteiger partial charge is 0.253 e. The summed E-state index contributed by atoms with van der Waals surface area (Å²) in [6, 6.07) is 0. The lowest BCUT2D eigenvalue weighted by Gasteiger charge is -2.18. The zero-order chi connectivity index (χ0) is 10.1. The number of carbonyl (C=O) groups excluding carboxylic acids is 1. The Morgan fingerprint density at radius 2 is 2.21 bits per heavy atom. The summed E-state index contributed by atoms with van der Waals surface area (Å²) in [6.45, 7) is 3.95. The number of hydrogen-bond donors (Lipinski definition) is 0. The van der Waals surface area contributed by atoms with Gasteiger partial charge in [-0.2, -0.15) is 5.10 Å². The lowest BCUT2D eigenvalue weighted by molar-refractivity contribution is -0.126. The van der Waals surface area contributed by atoms with Gasteiger partial charge in [-0.3, -0.25) is 4.79 Å². The summed E-state index contributed by atoms with van der Waals surface area (Å²) in [4.78, 5) is 11.6. The van der Waals surface area contributed by atoms with Gasteiger partial charge < -0.3 is 0 Å². The molecular formula is C11H14N2O. The second kappa shape index (κ2) is 3.40. The van der Waals surface area contributed by atoms with Crippen molar-refractivity contribution < 1.29 is 4.79 Å². The Morgan fingerprint density at radius 3 is 2.79 bits per heavy atom. The van der Waals surface area contributed by atoms with Gasteiger partial charge in [0.15, 0.2) is 0 Å². The highest BCUT2D eigenvalue weighted by atomic mass is 16.2. The first kappa shape index (κ1) is 9.19. The second-order valence-corrected chi connectivity index (χ2v) is 3.82. The summed E-state index contributed by atoms with van der Waals surface area (Å²) in [7, 11) is 0. The van der Waals surface area contributed by atoms with Crippen LogP contribution in [0.3, 0.4) is 0 Å². The first-order valence-corrected chi connectivity index (χ1v) is 4.92. The molecule has 0 aromatic heterocycles. The van der Waals surface area contributed by atoms with Gasteiger partial charge in [0.1, 0.15) is 0 Å². The number of carbonyl (C=O) groups is 1. The minimum Gasteiger partial charge on any atom is -0.272 e. The number of amides is 1. The molecule has 0 radical (unpaired) electrons. The van der Waals surface area contributed by atoms with Crippen LogP contribution in [-0.4, -0.2) is 16.6 Å². The summed E-state index contributed by atoms with van der Waals surface area (Å²) in [5, 5.41) is 5.78. The summed E-state index contributed by atoms with van der Waals surface area (Å²) in [5.74, 6) is 0.0865. The molecule has 0 saturated carbocycles. The van der Waals surface area contributed by atoms with E-state index in [1.807, 2.05) is 13.0 Å². The molecule has 1 heterocycles. The lowest BCUT2D eigenvalue weighted by atomic mass is 10.0. The number of hydrazone groups is 1. The maximum Gasteiger partial charge on any atom is 0.253 e. The third kappa shape index (κ3) is 1.50. The molecule has 1 aliphatic carbocycles. The van der Waals surface area contributed by atoms with E-state index >= 15 is 0 Å². The van der Waals surface area contributed by atoms with Crippen molar-refractivity contribution in [1.29, 1.82) is 0 Å². The minimum atomic E-state index is 0.0865. The van der Waals surface area contributed by atoms with Gasteiger partial charge >= 0.3 is 0 Å². The van der Waals surface area contributed by atoms with Gasteiger partial charge in [-0.25, -0.2) is 5.01 Å². The van der Waals surface area contributed by atoms with Crippen molar-refractivity contribution in [3.05, 3.63) is 23.4 Å². The maximum atomic E-state index is 11.6. The highest BCUT2D eigenvalue weighted by molar-refractivity contribution is 6.04. The van der Waals surface area contributed by atoms with Crippen LogP contribution in [-0.2, 0) is 4.79 Å². The van der Waals surface area contributed by atoms with E-state index in [-0.39, 0.29) is 5.91 Å². The summed E-state index contributed by atoms with van der Waals surface area (Å²) in [5.41, 5.74) is 3.12. The van der Waals surface area contributed by atoms with Crippen LogP contribution in [0.15, 0.2) is 28.5 Å². The number of allylic oxidation sites excluding steroid dienone is 3. The Morgan fingerprint density at radius 1 is 1.43 bits per heavy atom. The van der Waals surface area contributed by atoms with E-state index in [1.54, 1.807) is 5.01 Å². The quantitative estimate of drug-likeness (QED) is 0.624. The molecule has 3 nitrogen and oxygen atoms in total. The molecule has 0 saturated heterocycles. The third-order valence-corrected chi connectivity index (χ3v) is 2.54. The molecule has 1 aliphatic heterocycles. The van der Waals surface area contributed by atoms with Crippen molar-refractivity contribution in [3.8, 4) is 0 Å². The molecule has 2 rings (SSSR count). The van der Waals surface area contributed by atoms with Crippen molar-refractivity contribution in [1.82, 2.24) is 5.01 Å². The largest absolute Gasteiger partial charge is 0.272 e. The predicted octanol–water partition coefficient (Wildman–Crippen LogP) is 2.22. The molecule has 2 aliphatic rings. The van der Waals surface area contributed by atoms with Crippen molar-refractivity contribution in [2.75, 3.05) is 0 Å². The molecule has 3 heteroatoms. The van der Waals surface area contributed by atoms with Crippen LogP contribution in [0.1, 0.15) is 33.1 Å². The Hall–Kier alpha value is -1.38. The van der Waals surface area contributed by atoms with Gasteiger partial charge in [0.25, 0.3) is 5.91 Å². The molecule has 0 unspecified atom stereocenters. The third-order valence-electron chi connectivity index (χ3n) is 2.54. The monoisotopic (exact) mass is 190 g/mol. The molecule has 74 valence electrons. The fourth-order valence-corrected chi connectivity index (χ4v) is 1.76. The number of nitrogens with zero attached hydrogens (tertiary/aromatic N) is 2. The zero-order valence-electron chi connectivity index (χ0n) is 8.58. The number of rotatable bonds is 1. The molecule has 1 amide bonds. The fourth-order valence-electron chi connectivity index (χ4n) is 1.76. The highest BCUT2D eigenvalue weighted by Crippen LogP contribution is 2.25. The van der Waals surface area contributed by atoms with Crippen LogP contribution < -0.4 is 0 Å². The molecular weight excluding hydrogens is 176 g/mol. The second-order valence-electron chi connectivity index (χ2n) is 3.82. The van der Waals surface area contributed by atoms with Crippen molar-refractivity contribution in [3.63, 3.8) is 0 Å². The van der Waals surface area contributed by atoms with E-state index < -0.39 is 0 Å². The average molecular weight is 190 g/mol. The molecule has 0 atom stereocenters. The summed E-state index contributed by atoms with van der Waals surface area (Å²) < 4.78 is 0. The van der Waals surface area contributed by atoms with Crippen LogP contribution in [0.2, 0.25) is 0 Å². The van der Waals surface area contributed by atoms with E-state index in [0.717, 1.165) is 24.3 Å². The highest BCUT2D eigenvalue weighted by Gasteiger charge is 2.25. The fraction of sp³-hybridized carbons (Fsp3) is 0.455. The van der Waals surface area contributed by atoms with E-state index in [2.05, 4.69) is 18.1 Å². The maximum absolute atomic E-state index is 11.6. The standard InChI is InChI=1S/C11H14N2O/c1-8-5-3-4-6-10(8)13-11(14)7-9(2)12-13/h4,6H,3,5,7H2,1-2H3. The van der Waals surface area contributed by atoms with Crippen molar-refractivity contribution in [2.45, 2.75) is 33.1 Å². The lowest BCUT2D eigenvalue weighted by Crippen LogP contribution is -2.21. The Labute approximate surface area is 83.8 Å². The van der Waals surface area contributed by atoms with E-state index in [4.69, 9.17) is 0 Å². The van der Waals surface area contributed by atoms with Gasteiger partial charge in [-0.15, -0.1) is 0 Å². The first-order valence-electron chi connectivity index (χ1n) is 4.92. The molecule has 0 spiro atoms. The van der Waals surface area contributed by atoms with Crippen LogP contribution in [0.25, 0.3) is 0 Å². The van der Waals surface area contributed by atoms with Gasteiger partial charge in [0, 0.05) is 5.71 Å². The Kier molecular flexibility index (Phi) is 2.23. The molecule has 0 aromatic rings. The Bertz CT molecular complexity index is 363. The summed E-state index contributed by atoms with van der Waals surface area (Å²) in [6.07, 6.45) is 6.66. The summed E-state index contributed by atoms with van der Waals surface area (Å²) >= 11 is 0.